The molecule has 2 heterocycles. The van der Waals surface area contributed by atoms with E-state index < -0.39 is 23.4 Å². The Balaban J connectivity index is 1.53. The van der Waals surface area contributed by atoms with Gasteiger partial charge in [-0.2, -0.15) is 0 Å². The molecule has 218 valence electrons. The number of rotatable bonds is 12. The molecule has 4 N–H and O–H groups in total. The van der Waals surface area contributed by atoms with Crippen molar-refractivity contribution in [2.45, 2.75) is 69.9 Å². The minimum Gasteiger partial charge on any atom is -0.496 e. The van der Waals surface area contributed by atoms with Crippen LogP contribution in [0.1, 0.15) is 55.0 Å². The number of methoxy groups -OCH3 is 1. The predicted octanol–water partition coefficient (Wildman–Crippen LogP) is 3.25. The number of aromatic nitrogens is 2. The van der Waals surface area contributed by atoms with E-state index in [0.29, 0.717) is 38.8 Å². The summed E-state index contributed by atoms with van der Waals surface area (Å²) >= 11 is 0. The van der Waals surface area contributed by atoms with Crippen LogP contribution in [0.2, 0.25) is 0 Å². The summed E-state index contributed by atoms with van der Waals surface area (Å²) in [6.07, 6.45) is 6.12. The second-order valence-corrected chi connectivity index (χ2v) is 10.9. The van der Waals surface area contributed by atoms with Gasteiger partial charge in [0, 0.05) is 44.2 Å². The Bertz CT molecular complexity index is 1320. The third kappa shape index (κ3) is 7.03. The fourth-order valence-electron chi connectivity index (χ4n) is 5.79. The number of nitrogens with two attached hydrogens (primary N) is 1. The number of imidazole rings is 1. The summed E-state index contributed by atoms with van der Waals surface area (Å²) in [5, 5.41) is 2.93. The van der Waals surface area contributed by atoms with Gasteiger partial charge in [-0.15, -0.1) is 0 Å². The van der Waals surface area contributed by atoms with Crippen molar-refractivity contribution in [1.82, 2.24) is 20.2 Å². The van der Waals surface area contributed by atoms with Crippen molar-refractivity contribution in [3.63, 3.8) is 0 Å². The minimum atomic E-state index is -0.845. The molecule has 1 saturated heterocycles. The number of amides is 2. The molecule has 0 bridgehead atoms. The Labute approximate surface area is 241 Å². The Morgan fingerprint density at radius 1 is 1.12 bits per heavy atom. The second-order valence-electron chi connectivity index (χ2n) is 10.9. The van der Waals surface area contributed by atoms with Crippen molar-refractivity contribution in [1.29, 1.82) is 0 Å². The molecule has 9 heteroatoms. The van der Waals surface area contributed by atoms with Crippen molar-refractivity contribution < 1.29 is 19.1 Å². The number of carbonyl (C=O) groups excluding carboxylic acids is 3. The number of aromatic amines is 1. The van der Waals surface area contributed by atoms with Crippen molar-refractivity contribution in [2.24, 2.45) is 5.73 Å². The van der Waals surface area contributed by atoms with Crippen LogP contribution in [0.25, 0.3) is 0 Å². The number of benzene rings is 2. The predicted molar refractivity (Wildman–Crippen MR) is 157 cm³/mol. The lowest BCUT2D eigenvalue weighted by molar-refractivity contribution is -0.139. The molecule has 1 fully saturated rings. The molecular weight excluding hydrogens is 518 g/mol. The summed E-state index contributed by atoms with van der Waals surface area (Å²) in [5.74, 6) is 0.399. The van der Waals surface area contributed by atoms with Crippen molar-refractivity contribution >= 4 is 17.6 Å². The Morgan fingerprint density at radius 3 is 2.46 bits per heavy atom. The molecule has 1 aliphatic rings. The molecule has 4 rings (SSSR count). The van der Waals surface area contributed by atoms with Gasteiger partial charge < -0.3 is 25.7 Å². The highest BCUT2D eigenvalue weighted by molar-refractivity contribution is 5.92. The van der Waals surface area contributed by atoms with E-state index in [1.807, 2.05) is 62.4 Å². The average molecular weight is 560 g/mol. The highest BCUT2D eigenvalue weighted by atomic mass is 16.5. The molecule has 2 amide bonds. The van der Waals surface area contributed by atoms with Crippen LogP contribution in [0.15, 0.2) is 61.1 Å². The van der Waals surface area contributed by atoms with Crippen LogP contribution in [0.5, 0.6) is 5.75 Å². The van der Waals surface area contributed by atoms with Crippen molar-refractivity contribution in [3.05, 3.63) is 83.4 Å². The fourth-order valence-corrected chi connectivity index (χ4v) is 5.79. The van der Waals surface area contributed by atoms with Crippen LogP contribution in [0.3, 0.4) is 0 Å². The number of H-pyrrole nitrogens is 1. The molecule has 0 spiro atoms. The summed E-state index contributed by atoms with van der Waals surface area (Å²) < 4.78 is 5.39. The zero-order chi connectivity index (χ0) is 29.4. The molecule has 0 radical (unpaired) electrons. The number of ketones is 1. The number of aryl methyl sites for hydroxylation is 1. The summed E-state index contributed by atoms with van der Waals surface area (Å²) in [5.41, 5.74) is 9.20. The molecule has 0 saturated carbocycles. The first kappa shape index (κ1) is 30.0. The zero-order valence-corrected chi connectivity index (χ0v) is 24.2. The first-order chi connectivity index (χ1) is 19.8. The second kappa shape index (κ2) is 13.6. The van der Waals surface area contributed by atoms with Crippen LogP contribution in [-0.2, 0) is 32.6 Å². The number of piperidine rings is 1. The van der Waals surface area contributed by atoms with Gasteiger partial charge in [0.15, 0.2) is 0 Å². The topological polar surface area (TPSA) is 130 Å². The maximum Gasteiger partial charge on any atom is 0.245 e. The number of likely N-dealkylation sites (tertiary alicyclic amines) is 1. The molecule has 3 aromatic rings. The number of hydrogen-bond donors (Lipinski definition) is 3. The third-order valence-electron chi connectivity index (χ3n) is 8.11. The number of nitrogens with zero attached hydrogens (tertiary/aromatic N) is 2. The first-order valence-corrected chi connectivity index (χ1v) is 14.3. The number of nitrogens with one attached hydrogen (secondary N) is 2. The number of ether oxygens (including phenoxy) is 1. The number of Topliss-reactive ketones (excluding diaryl/α,β-unsaturated/α-hetero) is 1. The normalized spacial score (nSPS) is 16.0. The van der Waals surface area contributed by atoms with Crippen LogP contribution in [-0.4, -0.2) is 64.7 Å². The van der Waals surface area contributed by atoms with E-state index >= 15 is 0 Å². The molecule has 0 unspecified atom stereocenters. The van der Waals surface area contributed by atoms with E-state index in [1.165, 1.54) is 6.33 Å². The molecule has 0 aliphatic carbocycles. The van der Waals surface area contributed by atoms with Gasteiger partial charge in [0.25, 0.3) is 0 Å². The van der Waals surface area contributed by atoms with E-state index in [2.05, 4.69) is 15.3 Å². The van der Waals surface area contributed by atoms with Gasteiger partial charge in [-0.1, -0.05) is 49.4 Å². The highest BCUT2D eigenvalue weighted by Crippen LogP contribution is 2.38. The largest absolute Gasteiger partial charge is 0.496 e. The highest BCUT2D eigenvalue weighted by Gasteiger charge is 2.43. The molecule has 2 aromatic carbocycles. The number of carbonyl (C=O) groups is 3. The average Bonchev–Trinajstić information content (AvgIpc) is 3.50. The lowest BCUT2D eigenvalue weighted by Crippen LogP contribution is -2.57. The fraction of sp³-hybridized carbons (Fsp3) is 0.438. The van der Waals surface area contributed by atoms with Gasteiger partial charge in [0.2, 0.25) is 11.8 Å². The SMILES string of the molecule is CCCC(=O)C1(c2ccccc2)CCN(C(=O)[C@H](Cc2ccc(OC)c(C)c2)NC(=O)[C@H](N)Cc2cnc[nH]2)CC1. The van der Waals surface area contributed by atoms with Crippen LogP contribution < -0.4 is 15.8 Å². The molecule has 1 aromatic heterocycles. The summed E-state index contributed by atoms with van der Waals surface area (Å²) in [4.78, 5) is 49.3. The molecule has 1 aliphatic heterocycles. The Morgan fingerprint density at radius 2 is 1.85 bits per heavy atom. The van der Waals surface area contributed by atoms with Gasteiger partial charge in [-0.25, -0.2) is 4.98 Å². The third-order valence-corrected chi connectivity index (χ3v) is 8.11. The van der Waals surface area contributed by atoms with Crippen molar-refractivity contribution in [2.75, 3.05) is 20.2 Å². The minimum absolute atomic E-state index is 0.176. The van der Waals surface area contributed by atoms with E-state index in [1.54, 1.807) is 18.2 Å². The zero-order valence-electron chi connectivity index (χ0n) is 24.2. The van der Waals surface area contributed by atoms with Gasteiger partial charge >= 0.3 is 0 Å². The van der Waals surface area contributed by atoms with Crippen molar-refractivity contribution in [3.8, 4) is 5.75 Å². The van der Waals surface area contributed by atoms with E-state index in [9.17, 15) is 14.4 Å². The monoisotopic (exact) mass is 559 g/mol. The molecular formula is C32H41N5O4. The number of hydrogen-bond acceptors (Lipinski definition) is 6. The molecule has 2 atom stereocenters. The van der Waals surface area contributed by atoms with E-state index in [4.69, 9.17) is 10.5 Å². The maximum atomic E-state index is 14.0. The van der Waals surface area contributed by atoms with Crippen LogP contribution in [0, 0.1) is 6.92 Å². The van der Waals surface area contributed by atoms with Gasteiger partial charge in [-0.05, 0) is 48.9 Å². The molecule has 41 heavy (non-hydrogen) atoms. The summed E-state index contributed by atoms with van der Waals surface area (Å²) in [7, 11) is 1.62. The Kier molecular flexibility index (Phi) is 9.94. The standard InChI is InChI=1S/C32H41N5O4/c1-4-8-29(38)32(24-9-6-5-7-10-24)13-15-37(16-14-32)31(40)27(18-23-11-12-28(41-3)22(2)17-23)36-30(39)26(33)19-25-20-34-21-35-25/h5-7,9-12,17,20-21,26-27H,4,8,13-16,18-19,33H2,1-3H3,(H,34,35)(H,36,39)/t26-,27+/m1/s1. The quantitative estimate of drug-likeness (QED) is 0.312. The first-order valence-electron chi connectivity index (χ1n) is 14.3. The Hall–Kier alpha value is -3.98. The van der Waals surface area contributed by atoms with Gasteiger partial charge in [0.1, 0.15) is 17.6 Å². The van der Waals surface area contributed by atoms with Crippen LogP contribution >= 0.6 is 0 Å². The van der Waals surface area contributed by atoms with Crippen LogP contribution in [0.4, 0.5) is 0 Å². The lowest BCUT2D eigenvalue weighted by atomic mass is 9.68. The lowest BCUT2D eigenvalue weighted by Gasteiger charge is -2.42. The maximum absolute atomic E-state index is 14.0. The smallest absolute Gasteiger partial charge is 0.245 e. The summed E-state index contributed by atoms with van der Waals surface area (Å²) in [6.45, 7) is 4.81. The summed E-state index contributed by atoms with van der Waals surface area (Å²) in [6, 6.07) is 14.0. The molecule has 9 nitrogen and oxygen atoms in total. The van der Waals surface area contributed by atoms with E-state index in [-0.39, 0.29) is 18.1 Å². The van der Waals surface area contributed by atoms with E-state index in [0.717, 1.165) is 34.6 Å². The van der Waals surface area contributed by atoms with Gasteiger partial charge in [-0.3, -0.25) is 14.4 Å². The van der Waals surface area contributed by atoms with Gasteiger partial charge in [0.05, 0.1) is 24.9 Å².